The molecule has 2 fully saturated rings. The van der Waals surface area contributed by atoms with E-state index in [4.69, 9.17) is 19.2 Å². The molecule has 0 bridgehead atoms. The smallest absolute Gasteiger partial charge is 0.413 e. The molecular formula is C33H38F2N6O5. The van der Waals surface area contributed by atoms with Crippen molar-refractivity contribution in [2.75, 3.05) is 31.6 Å². The Hall–Kier alpha value is -4.10. The normalized spacial score (nSPS) is 24.0. The van der Waals surface area contributed by atoms with Crippen LogP contribution >= 0.6 is 0 Å². The zero-order valence-corrected chi connectivity index (χ0v) is 25.9. The quantitative estimate of drug-likeness (QED) is 0.381. The maximum atomic E-state index is 15.1. The number of carbonyl (C=O) groups is 2. The monoisotopic (exact) mass is 636 g/mol. The van der Waals surface area contributed by atoms with Crippen molar-refractivity contribution in [3.63, 3.8) is 0 Å². The maximum Gasteiger partial charge on any atom is 0.413 e. The summed E-state index contributed by atoms with van der Waals surface area (Å²) >= 11 is 0. The summed E-state index contributed by atoms with van der Waals surface area (Å²) < 4.78 is 49.2. The molecule has 1 spiro atoms. The molecule has 4 aliphatic rings. The van der Waals surface area contributed by atoms with Crippen LogP contribution in [-0.4, -0.2) is 64.0 Å². The molecule has 0 radical (unpaired) electrons. The van der Waals surface area contributed by atoms with Crippen LogP contribution in [0, 0.1) is 11.6 Å². The van der Waals surface area contributed by atoms with Gasteiger partial charge in [-0.3, -0.25) is 5.32 Å². The third kappa shape index (κ3) is 5.59. The number of piperidine rings is 1. The molecule has 4 aliphatic heterocycles. The van der Waals surface area contributed by atoms with Crippen LogP contribution in [0.15, 0.2) is 42.7 Å². The van der Waals surface area contributed by atoms with Crippen LogP contribution < -0.4 is 10.6 Å². The second kappa shape index (κ2) is 11.9. The van der Waals surface area contributed by atoms with Gasteiger partial charge in [-0.05, 0) is 56.9 Å². The molecule has 1 aromatic carbocycles. The SMILES string of the molecule is CC(C)(OC1CCOC1)c1cnc2n1C[C@H](c1cccc(F)c1F)CC[C@H]2NC(=O)N1CCC2(CC1)OC(=O)Nc1ncccc12. The van der Waals surface area contributed by atoms with E-state index < -0.39 is 35.0 Å². The number of benzene rings is 1. The number of rotatable bonds is 5. The Bertz CT molecular complexity index is 1630. The Morgan fingerprint density at radius 2 is 1.96 bits per heavy atom. The van der Waals surface area contributed by atoms with Gasteiger partial charge in [0.2, 0.25) is 0 Å². The van der Waals surface area contributed by atoms with E-state index >= 15 is 4.39 Å². The summed E-state index contributed by atoms with van der Waals surface area (Å²) in [6.07, 6.45) is 5.37. The Balaban J connectivity index is 1.13. The molecule has 11 nitrogen and oxygen atoms in total. The van der Waals surface area contributed by atoms with Crippen LogP contribution in [0.2, 0.25) is 0 Å². The van der Waals surface area contributed by atoms with Gasteiger partial charge in [0.1, 0.15) is 22.8 Å². The highest BCUT2D eigenvalue weighted by molar-refractivity contribution is 5.87. The van der Waals surface area contributed by atoms with Crippen LogP contribution in [0.25, 0.3) is 0 Å². The lowest BCUT2D eigenvalue weighted by molar-refractivity contribution is -0.0809. The molecule has 13 heteroatoms. The Morgan fingerprint density at radius 3 is 2.74 bits per heavy atom. The van der Waals surface area contributed by atoms with E-state index in [1.54, 1.807) is 29.4 Å². The molecule has 2 saturated heterocycles. The molecule has 3 amide bonds. The molecule has 6 heterocycles. The minimum absolute atomic E-state index is 0.0664. The van der Waals surface area contributed by atoms with Crippen molar-refractivity contribution < 1.29 is 32.6 Å². The number of nitrogens with zero attached hydrogens (tertiary/aromatic N) is 4. The molecule has 2 aromatic heterocycles. The van der Waals surface area contributed by atoms with Gasteiger partial charge in [-0.15, -0.1) is 0 Å². The van der Waals surface area contributed by atoms with E-state index in [1.807, 2.05) is 24.5 Å². The number of imidazole rings is 1. The number of hydrogen-bond acceptors (Lipinski definition) is 7. The minimum atomic E-state index is -0.886. The number of fused-ring (bicyclic) bond motifs is 3. The zero-order chi connectivity index (χ0) is 32.1. The maximum absolute atomic E-state index is 15.1. The van der Waals surface area contributed by atoms with Crippen molar-refractivity contribution in [3.05, 3.63) is 77.0 Å². The van der Waals surface area contributed by atoms with Gasteiger partial charge in [0.15, 0.2) is 11.6 Å². The molecular weight excluding hydrogens is 598 g/mol. The third-order valence-electron chi connectivity index (χ3n) is 9.76. The second-order valence-electron chi connectivity index (χ2n) is 13.0. The van der Waals surface area contributed by atoms with Gasteiger partial charge in [0.25, 0.3) is 0 Å². The van der Waals surface area contributed by atoms with Gasteiger partial charge in [0, 0.05) is 56.8 Å². The predicted molar refractivity (Wildman–Crippen MR) is 162 cm³/mol. The first kappa shape index (κ1) is 30.5. The van der Waals surface area contributed by atoms with Gasteiger partial charge >= 0.3 is 12.1 Å². The van der Waals surface area contributed by atoms with Crippen molar-refractivity contribution in [1.82, 2.24) is 24.8 Å². The summed E-state index contributed by atoms with van der Waals surface area (Å²) in [5.41, 5.74) is 0.281. The number of carbonyl (C=O) groups excluding carboxylic acids is 2. The average molecular weight is 637 g/mol. The van der Waals surface area contributed by atoms with E-state index in [0.717, 1.165) is 23.7 Å². The topological polar surface area (TPSA) is 120 Å². The first-order valence-corrected chi connectivity index (χ1v) is 15.9. The molecule has 0 saturated carbocycles. The van der Waals surface area contributed by atoms with Crippen molar-refractivity contribution in [3.8, 4) is 0 Å². The fourth-order valence-electron chi connectivity index (χ4n) is 7.37. The molecule has 0 aliphatic carbocycles. The first-order chi connectivity index (χ1) is 22.1. The minimum Gasteiger partial charge on any atom is -0.437 e. The number of halogens is 2. The molecule has 46 heavy (non-hydrogen) atoms. The molecule has 2 N–H and O–H groups in total. The van der Waals surface area contributed by atoms with Gasteiger partial charge < -0.3 is 29.0 Å². The second-order valence-corrected chi connectivity index (χ2v) is 13.0. The Kier molecular flexibility index (Phi) is 7.92. The molecule has 7 rings (SSSR count). The van der Waals surface area contributed by atoms with Crippen LogP contribution in [0.4, 0.5) is 24.2 Å². The summed E-state index contributed by atoms with van der Waals surface area (Å²) in [5.74, 6) is -0.970. The van der Waals surface area contributed by atoms with Gasteiger partial charge in [0.05, 0.1) is 30.6 Å². The lowest BCUT2D eigenvalue weighted by Gasteiger charge is -2.43. The summed E-state index contributed by atoms with van der Waals surface area (Å²) in [6, 6.07) is 7.22. The number of hydrogen-bond donors (Lipinski definition) is 2. The standard InChI is InChI=1S/C33H38F2N6O5/c1-32(2,45-21-10-16-44-19-21)26-17-37-29-25(9-8-20(18-41(26)29)22-5-3-7-24(34)27(22)35)38-30(42)40-14-11-33(12-15-40)23-6-4-13-36-28(23)39-31(43)46-33/h3-7,13,17,20-21,25H,8-12,14-16,18-19H2,1-2H3,(H,38,42)(H,36,39,43)/t20-,21?,25-/m1/s1. The lowest BCUT2D eigenvalue weighted by Crippen LogP contribution is -2.52. The van der Waals surface area contributed by atoms with E-state index in [1.165, 1.54) is 6.07 Å². The fourth-order valence-corrected chi connectivity index (χ4v) is 7.37. The van der Waals surface area contributed by atoms with Crippen LogP contribution in [0.1, 0.15) is 80.6 Å². The van der Waals surface area contributed by atoms with Crippen LogP contribution in [0.3, 0.4) is 0 Å². The van der Waals surface area contributed by atoms with Crippen molar-refractivity contribution in [2.45, 2.75) is 81.8 Å². The molecule has 244 valence electrons. The predicted octanol–water partition coefficient (Wildman–Crippen LogP) is 5.48. The number of urea groups is 1. The average Bonchev–Trinajstić information content (AvgIpc) is 3.67. The van der Waals surface area contributed by atoms with E-state index in [0.29, 0.717) is 75.7 Å². The van der Waals surface area contributed by atoms with Crippen molar-refractivity contribution in [1.29, 1.82) is 0 Å². The number of likely N-dealkylation sites (tertiary alicyclic amines) is 1. The van der Waals surface area contributed by atoms with E-state index in [9.17, 15) is 14.0 Å². The summed E-state index contributed by atoms with van der Waals surface area (Å²) in [7, 11) is 0. The number of pyridine rings is 1. The number of aromatic nitrogens is 3. The number of nitrogens with one attached hydrogen (secondary N) is 2. The Morgan fingerprint density at radius 1 is 1.13 bits per heavy atom. The zero-order valence-electron chi connectivity index (χ0n) is 25.9. The molecule has 1 unspecified atom stereocenters. The van der Waals surface area contributed by atoms with Gasteiger partial charge in [-0.1, -0.05) is 12.1 Å². The molecule has 3 aromatic rings. The largest absolute Gasteiger partial charge is 0.437 e. The molecule has 3 atom stereocenters. The third-order valence-corrected chi connectivity index (χ3v) is 9.76. The summed E-state index contributed by atoms with van der Waals surface area (Å²) in [6.45, 7) is 6.16. The number of anilines is 1. The summed E-state index contributed by atoms with van der Waals surface area (Å²) in [5, 5.41) is 5.84. The highest BCUT2D eigenvalue weighted by atomic mass is 19.2. The number of amides is 3. The van der Waals surface area contributed by atoms with E-state index in [2.05, 4.69) is 15.6 Å². The Labute approximate surface area is 265 Å². The van der Waals surface area contributed by atoms with E-state index in [-0.39, 0.29) is 18.1 Å². The van der Waals surface area contributed by atoms with Crippen LogP contribution in [-0.2, 0) is 32.0 Å². The van der Waals surface area contributed by atoms with Gasteiger partial charge in [-0.2, -0.15) is 0 Å². The van der Waals surface area contributed by atoms with Crippen molar-refractivity contribution in [2.24, 2.45) is 0 Å². The summed E-state index contributed by atoms with van der Waals surface area (Å²) in [4.78, 5) is 36.9. The van der Waals surface area contributed by atoms with Gasteiger partial charge in [-0.25, -0.2) is 28.3 Å². The first-order valence-electron chi connectivity index (χ1n) is 15.9. The highest BCUT2D eigenvalue weighted by Crippen LogP contribution is 2.43. The van der Waals surface area contributed by atoms with Crippen LogP contribution in [0.5, 0.6) is 0 Å². The highest BCUT2D eigenvalue weighted by Gasteiger charge is 2.46. The number of ether oxygens (including phenoxy) is 3. The fraction of sp³-hybridized carbons (Fsp3) is 0.515. The van der Waals surface area contributed by atoms with Crippen molar-refractivity contribution >= 4 is 17.9 Å². The lowest BCUT2D eigenvalue weighted by atomic mass is 9.83.